The van der Waals surface area contributed by atoms with Gasteiger partial charge >= 0.3 is 0 Å². The van der Waals surface area contributed by atoms with Crippen LogP contribution in [-0.2, 0) is 22.4 Å². The van der Waals surface area contributed by atoms with Gasteiger partial charge in [0, 0.05) is 0 Å². The van der Waals surface area contributed by atoms with Gasteiger partial charge in [0.15, 0.2) is 5.62 Å². The standard InChI is InChI=1S/C14H18O2S/c1-3-4-12-5-7-13(8-6-12)9-14(11(2)16)17-10-15/h5-8,10,14H,3-4,9H2,1-2H3. The first-order valence-corrected chi connectivity index (χ1v) is 6.79. The summed E-state index contributed by atoms with van der Waals surface area (Å²) in [5, 5.41) is -0.246. The molecule has 0 aromatic heterocycles. The zero-order valence-electron chi connectivity index (χ0n) is 10.3. The molecule has 3 heteroatoms. The fourth-order valence-electron chi connectivity index (χ4n) is 1.70. The molecule has 1 unspecified atom stereocenters. The van der Waals surface area contributed by atoms with Crippen molar-refractivity contribution in [1.82, 2.24) is 0 Å². The Morgan fingerprint density at radius 3 is 2.35 bits per heavy atom. The normalized spacial score (nSPS) is 12.1. The van der Waals surface area contributed by atoms with Gasteiger partial charge in [-0.25, -0.2) is 0 Å². The fourth-order valence-corrected chi connectivity index (χ4v) is 2.31. The summed E-state index contributed by atoms with van der Waals surface area (Å²) in [5.41, 5.74) is 3.18. The van der Waals surface area contributed by atoms with Crippen molar-refractivity contribution >= 4 is 23.2 Å². The van der Waals surface area contributed by atoms with E-state index in [1.54, 1.807) is 0 Å². The predicted octanol–water partition coefficient (Wildman–Crippen LogP) is 3.06. The number of carbonyl (C=O) groups excluding carboxylic acids is 2. The Morgan fingerprint density at radius 2 is 1.88 bits per heavy atom. The molecular weight excluding hydrogens is 232 g/mol. The van der Waals surface area contributed by atoms with Gasteiger partial charge in [-0.2, -0.15) is 0 Å². The Bertz CT molecular complexity index is 370. The Labute approximate surface area is 107 Å². The lowest BCUT2D eigenvalue weighted by molar-refractivity contribution is -0.116. The van der Waals surface area contributed by atoms with Crippen LogP contribution in [0.4, 0.5) is 0 Å². The van der Waals surface area contributed by atoms with Gasteiger partial charge in [-0.3, -0.25) is 9.59 Å². The summed E-state index contributed by atoms with van der Waals surface area (Å²) in [6, 6.07) is 8.29. The summed E-state index contributed by atoms with van der Waals surface area (Å²) >= 11 is 1.06. The SMILES string of the molecule is CCCc1ccc(CC(SC=O)C(C)=O)cc1. The summed E-state index contributed by atoms with van der Waals surface area (Å²) in [6.45, 7) is 3.69. The first kappa shape index (κ1) is 14.0. The molecule has 0 aliphatic heterocycles. The van der Waals surface area contributed by atoms with Crippen LogP contribution in [0.5, 0.6) is 0 Å². The van der Waals surface area contributed by atoms with Crippen LogP contribution >= 0.6 is 11.8 Å². The average Bonchev–Trinajstić information content (AvgIpc) is 2.31. The van der Waals surface area contributed by atoms with Gasteiger partial charge in [-0.15, -0.1) is 0 Å². The van der Waals surface area contributed by atoms with Crippen LogP contribution in [0.2, 0.25) is 0 Å². The highest BCUT2D eigenvalue weighted by atomic mass is 32.2. The van der Waals surface area contributed by atoms with E-state index in [2.05, 4.69) is 19.1 Å². The third-order valence-corrected chi connectivity index (χ3v) is 3.59. The molecule has 92 valence electrons. The zero-order valence-corrected chi connectivity index (χ0v) is 11.1. The van der Waals surface area contributed by atoms with Crippen LogP contribution in [0, 0.1) is 0 Å². The minimum atomic E-state index is -0.246. The summed E-state index contributed by atoms with van der Waals surface area (Å²) in [4.78, 5) is 21.8. The highest BCUT2D eigenvalue weighted by Gasteiger charge is 2.14. The Balaban J connectivity index is 2.66. The number of thioether (sulfide) groups is 1. The molecule has 0 saturated carbocycles. The van der Waals surface area contributed by atoms with E-state index in [1.165, 1.54) is 12.5 Å². The molecule has 1 rings (SSSR count). The topological polar surface area (TPSA) is 34.1 Å². The molecule has 0 heterocycles. The largest absolute Gasteiger partial charge is 0.299 e. The van der Waals surface area contributed by atoms with Crippen molar-refractivity contribution in [2.45, 2.75) is 38.4 Å². The van der Waals surface area contributed by atoms with Crippen LogP contribution in [0.3, 0.4) is 0 Å². The Kier molecular flexibility index (Phi) is 5.98. The maximum atomic E-state index is 11.3. The molecule has 0 fully saturated rings. The van der Waals surface area contributed by atoms with E-state index in [4.69, 9.17) is 0 Å². The Hall–Kier alpha value is -1.09. The maximum Gasteiger partial charge on any atom is 0.176 e. The Morgan fingerprint density at radius 1 is 1.29 bits per heavy atom. The second-order valence-electron chi connectivity index (χ2n) is 4.10. The van der Waals surface area contributed by atoms with E-state index < -0.39 is 0 Å². The number of hydrogen-bond donors (Lipinski definition) is 0. The zero-order chi connectivity index (χ0) is 12.7. The van der Waals surface area contributed by atoms with Crippen molar-refractivity contribution < 1.29 is 9.59 Å². The molecule has 2 nitrogen and oxygen atoms in total. The summed E-state index contributed by atoms with van der Waals surface area (Å²) < 4.78 is 0. The van der Waals surface area contributed by atoms with Gasteiger partial charge in [0.25, 0.3) is 0 Å². The number of carbonyl (C=O) groups is 2. The van der Waals surface area contributed by atoms with Gasteiger partial charge in [0.05, 0.1) is 5.25 Å². The number of rotatable bonds is 7. The molecule has 0 saturated heterocycles. The highest BCUT2D eigenvalue weighted by molar-refractivity contribution is 8.13. The smallest absolute Gasteiger partial charge is 0.176 e. The van der Waals surface area contributed by atoms with Gasteiger partial charge in [-0.05, 0) is 30.9 Å². The monoisotopic (exact) mass is 250 g/mol. The first-order valence-electron chi connectivity index (χ1n) is 5.84. The molecule has 1 atom stereocenters. The van der Waals surface area contributed by atoms with Crippen molar-refractivity contribution in [1.29, 1.82) is 0 Å². The molecule has 1 aromatic carbocycles. The number of hydrogen-bond acceptors (Lipinski definition) is 3. The summed E-state index contributed by atoms with van der Waals surface area (Å²) in [5.74, 6) is 0.0553. The van der Waals surface area contributed by atoms with Gasteiger partial charge < -0.3 is 0 Å². The fraction of sp³-hybridized carbons (Fsp3) is 0.429. The summed E-state index contributed by atoms with van der Waals surface area (Å²) in [7, 11) is 0. The molecule has 0 N–H and O–H groups in total. The van der Waals surface area contributed by atoms with Gasteiger partial charge in [0.2, 0.25) is 0 Å². The van der Waals surface area contributed by atoms with Crippen molar-refractivity contribution in [2.75, 3.05) is 0 Å². The average molecular weight is 250 g/mol. The third-order valence-electron chi connectivity index (χ3n) is 2.66. The van der Waals surface area contributed by atoms with Crippen molar-refractivity contribution in [3.8, 4) is 0 Å². The third kappa shape index (κ3) is 4.73. The van der Waals surface area contributed by atoms with E-state index in [9.17, 15) is 9.59 Å². The van der Waals surface area contributed by atoms with Crippen molar-refractivity contribution in [2.24, 2.45) is 0 Å². The minimum absolute atomic E-state index is 0.0553. The van der Waals surface area contributed by atoms with E-state index >= 15 is 0 Å². The number of aryl methyl sites for hydroxylation is 1. The molecule has 1 aromatic rings. The van der Waals surface area contributed by atoms with E-state index in [1.807, 2.05) is 12.1 Å². The van der Waals surface area contributed by atoms with Crippen molar-refractivity contribution in [3.63, 3.8) is 0 Å². The predicted molar refractivity (Wildman–Crippen MR) is 73.0 cm³/mol. The van der Waals surface area contributed by atoms with Crippen LogP contribution in [0.1, 0.15) is 31.4 Å². The lowest BCUT2D eigenvalue weighted by Crippen LogP contribution is -2.16. The maximum absolute atomic E-state index is 11.3. The molecule has 0 radical (unpaired) electrons. The van der Waals surface area contributed by atoms with Crippen LogP contribution in [0.25, 0.3) is 0 Å². The second kappa shape index (κ2) is 7.28. The van der Waals surface area contributed by atoms with Crippen LogP contribution in [0.15, 0.2) is 24.3 Å². The molecule has 0 bridgehead atoms. The van der Waals surface area contributed by atoms with Gasteiger partial charge in [-0.1, -0.05) is 49.4 Å². The number of Topliss-reactive ketones (excluding diaryl/α,β-unsaturated/α-hetero) is 1. The molecule has 0 aliphatic carbocycles. The quantitative estimate of drug-likeness (QED) is 0.697. The second-order valence-corrected chi connectivity index (χ2v) is 5.14. The molecule has 0 amide bonds. The number of ketones is 1. The lowest BCUT2D eigenvalue weighted by Gasteiger charge is -2.10. The molecule has 0 aliphatic rings. The number of benzene rings is 1. The van der Waals surface area contributed by atoms with Crippen LogP contribution < -0.4 is 0 Å². The summed E-state index contributed by atoms with van der Waals surface area (Å²) in [6.07, 6.45) is 2.85. The molecular formula is C14H18O2S. The first-order chi connectivity index (χ1) is 8.17. The minimum Gasteiger partial charge on any atom is -0.299 e. The lowest BCUT2D eigenvalue weighted by atomic mass is 10.0. The van der Waals surface area contributed by atoms with E-state index in [0.717, 1.165) is 35.8 Å². The van der Waals surface area contributed by atoms with E-state index in [-0.39, 0.29) is 11.0 Å². The van der Waals surface area contributed by atoms with Gasteiger partial charge in [0.1, 0.15) is 5.78 Å². The van der Waals surface area contributed by atoms with Crippen molar-refractivity contribution in [3.05, 3.63) is 35.4 Å². The molecule has 17 heavy (non-hydrogen) atoms. The highest BCUT2D eigenvalue weighted by Crippen LogP contribution is 2.16. The molecule has 0 spiro atoms. The van der Waals surface area contributed by atoms with Crippen LogP contribution in [-0.4, -0.2) is 16.7 Å². The van der Waals surface area contributed by atoms with E-state index in [0.29, 0.717) is 6.42 Å².